The normalized spacial score (nSPS) is 12.9. The van der Waals surface area contributed by atoms with Crippen LogP contribution in [0.25, 0.3) is 0 Å². The Hall–Kier alpha value is -3.41. The molecule has 6 nitrogen and oxygen atoms in total. The van der Waals surface area contributed by atoms with E-state index < -0.39 is 0 Å². The first-order valence-corrected chi connectivity index (χ1v) is 8.99. The number of hydrogen-bond donors (Lipinski definition) is 3. The summed E-state index contributed by atoms with van der Waals surface area (Å²) in [4.78, 5) is 21.0. The number of nitrogens with zero attached hydrogens (tertiary/aromatic N) is 2. The molecule has 0 saturated heterocycles. The van der Waals surface area contributed by atoms with Crippen LogP contribution in [0.15, 0.2) is 54.9 Å². The van der Waals surface area contributed by atoms with Crippen LogP contribution in [-0.2, 0) is 12.8 Å². The number of hydrogen-bond acceptors (Lipinski definition) is 5. The quantitative estimate of drug-likeness (QED) is 0.653. The predicted molar refractivity (Wildman–Crippen MR) is 104 cm³/mol. The van der Waals surface area contributed by atoms with Gasteiger partial charge in [0.25, 0.3) is 5.91 Å². The van der Waals surface area contributed by atoms with Crippen LogP contribution in [0, 0.1) is 0 Å². The van der Waals surface area contributed by atoms with Gasteiger partial charge in [-0.25, -0.2) is 9.97 Å². The fourth-order valence-corrected chi connectivity index (χ4v) is 3.25. The van der Waals surface area contributed by atoms with E-state index in [9.17, 15) is 9.90 Å². The lowest BCUT2D eigenvalue weighted by Gasteiger charge is -2.18. The summed E-state index contributed by atoms with van der Waals surface area (Å²) < 4.78 is 0. The predicted octanol–water partition coefficient (Wildman–Crippen LogP) is 4.06. The Morgan fingerprint density at radius 2 is 1.74 bits per heavy atom. The molecular formula is C21H20N4O2. The number of carbonyl (C=O) groups is 1. The topological polar surface area (TPSA) is 87.1 Å². The molecular weight excluding hydrogens is 340 g/mol. The molecule has 6 heteroatoms. The van der Waals surface area contributed by atoms with Crippen LogP contribution in [-0.4, -0.2) is 21.0 Å². The van der Waals surface area contributed by atoms with Crippen LogP contribution in [0.5, 0.6) is 5.75 Å². The fourth-order valence-electron chi connectivity index (χ4n) is 3.25. The first kappa shape index (κ1) is 17.0. The van der Waals surface area contributed by atoms with Crippen molar-refractivity contribution in [2.75, 3.05) is 10.6 Å². The van der Waals surface area contributed by atoms with Crippen molar-refractivity contribution in [1.29, 1.82) is 0 Å². The number of aromatic hydroxyl groups is 1. The molecule has 0 fully saturated rings. The van der Waals surface area contributed by atoms with E-state index in [2.05, 4.69) is 20.6 Å². The lowest BCUT2D eigenvalue weighted by Crippen LogP contribution is -2.12. The number of amides is 1. The number of benzene rings is 2. The molecule has 1 aromatic heterocycles. The summed E-state index contributed by atoms with van der Waals surface area (Å²) in [7, 11) is 0. The van der Waals surface area contributed by atoms with Crippen LogP contribution in [0.1, 0.15) is 34.5 Å². The first-order valence-electron chi connectivity index (χ1n) is 8.99. The molecule has 1 aliphatic rings. The molecule has 0 aliphatic heterocycles. The van der Waals surface area contributed by atoms with Crippen molar-refractivity contribution in [2.24, 2.45) is 0 Å². The summed E-state index contributed by atoms with van der Waals surface area (Å²) in [5.41, 5.74) is 4.32. The van der Waals surface area contributed by atoms with E-state index in [-0.39, 0.29) is 11.7 Å². The maximum atomic E-state index is 12.2. The van der Waals surface area contributed by atoms with Crippen LogP contribution in [0.3, 0.4) is 0 Å². The van der Waals surface area contributed by atoms with E-state index in [0.717, 1.165) is 36.5 Å². The number of rotatable bonds is 4. The molecule has 0 atom stereocenters. The molecule has 3 aromatic rings. The molecule has 0 spiro atoms. The third kappa shape index (κ3) is 3.89. The van der Waals surface area contributed by atoms with Gasteiger partial charge in [0.15, 0.2) is 0 Å². The van der Waals surface area contributed by atoms with Gasteiger partial charge in [0.2, 0.25) is 0 Å². The van der Waals surface area contributed by atoms with Gasteiger partial charge in [-0.05, 0) is 68.1 Å². The summed E-state index contributed by atoms with van der Waals surface area (Å²) in [6, 6.07) is 13.7. The molecule has 1 heterocycles. The number of nitrogens with one attached hydrogen (secondary N) is 2. The van der Waals surface area contributed by atoms with E-state index in [1.807, 2.05) is 24.3 Å². The van der Waals surface area contributed by atoms with Gasteiger partial charge in [0.1, 0.15) is 17.9 Å². The van der Waals surface area contributed by atoms with Crippen molar-refractivity contribution in [3.8, 4) is 5.75 Å². The van der Waals surface area contributed by atoms with Gasteiger partial charge < -0.3 is 15.7 Å². The zero-order chi connectivity index (χ0) is 18.6. The van der Waals surface area contributed by atoms with Crippen LogP contribution in [0.4, 0.5) is 17.2 Å². The van der Waals surface area contributed by atoms with Gasteiger partial charge in [-0.2, -0.15) is 0 Å². The zero-order valence-electron chi connectivity index (χ0n) is 14.8. The molecule has 2 aromatic carbocycles. The summed E-state index contributed by atoms with van der Waals surface area (Å²) in [6.07, 6.45) is 5.95. The highest BCUT2D eigenvalue weighted by molar-refractivity contribution is 6.04. The first-order chi connectivity index (χ1) is 13.2. The minimum Gasteiger partial charge on any atom is -0.508 e. The Labute approximate surface area is 157 Å². The molecule has 136 valence electrons. The van der Waals surface area contributed by atoms with Crippen molar-refractivity contribution in [3.05, 3.63) is 71.7 Å². The molecule has 27 heavy (non-hydrogen) atoms. The average molecular weight is 360 g/mol. The Morgan fingerprint density at radius 3 is 2.56 bits per heavy atom. The van der Waals surface area contributed by atoms with E-state index in [1.165, 1.54) is 24.1 Å². The minimum absolute atomic E-state index is 0.0652. The number of phenols is 1. The van der Waals surface area contributed by atoms with Gasteiger partial charge in [0.05, 0.1) is 0 Å². The largest absolute Gasteiger partial charge is 0.508 e. The third-order valence-corrected chi connectivity index (χ3v) is 4.64. The number of aryl methyl sites for hydroxylation is 1. The highest BCUT2D eigenvalue weighted by Crippen LogP contribution is 2.27. The fraction of sp³-hybridized carbons (Fsp3) is 0.190. The van der Waals surface area contributed by atoms with Crippen LogP contribution in [0.2, 0.25) is 0 Å². The Morgan fingerprint density at radius 1 is 0.963 bits per heavy atom. The SMILES string of the molecule is O=C(Nc1ccc(Nc2ncnc3c2CCCC3)cc1)c1cccc(O)c1. The van der Waals surface area contributed by atoms with E-state index in [4.69, 9.17) is 0 Å². The molecule has 4 rings (SSSR count). The van der Waals surface area contributed by atoms with Gasteiger partial charge in [-0.3, -0.25) is 4.79 Å². The van der Waals surface area contributed by atoms with Gasteiger partial charge in [-0.1, -0.05) is 6.07 Å². The minimum atomic E-state index is -0.267. The zero-order valence-corrected chi connectivity index (χ0v) is 14.8. The monoisotopic (exact) mass is 360 g/mol. The maximum Gasteiger partial charge on any atom is 0.255 e. The van der Waals surface area contributed by atoms with Gasteiger partial charge in [0, 0.05) is 28.2 Å². The summed E-state index contributed by atoms with van der Waals surface area (Å²) in [5, 5.41) is 15.7. The molecule has 0 radical (unpaired) electrons. The summed E-state index contributed by atoms with van der Waals surface area (Å²) in [6.45, 7) is 0. The van der Waals surface area contributed by atoms with Crippen molar-refractivity contribution in [3.63, 3.8) is 0 Å². The molecule has 1 aliphatic carbocycles. The number of anilines is 3. The third-order valence-electron chi connectivity index (χ3n) is 4.64. The van der Waals surface area contributed by atoms with E-state index >= 15 is 0 Å². The second-order valence-electron chi connectivity index (χ2n) is 6.56. The van der Waals surface area contributed by atoms with Crippen molar-refractivity contribution in [1.82, 2.24) is 9.97 Å². The van der Waals surface area contributed by atoms with Crippen LogP contribution >= 0.6 is 0 Å². The van der Waals surface area contributed by atoms with Crippen molar-refractivity contribution < 1.29 is 9.90 Å². The van der Waals surface area contributed by atoms with E-state index in [0.29, 0.717) is 11.3 Å². The number of phenolic OH excluding ortho intramolecular Hbond substituents is 1. The number of aromatic nitrogens is 2. The Kier molecular flexibility index (Phi) is 4.70. The number of fused-ring (bicyclic) bond motifs is 1. The Bertz CT molecular complexity index is 970. The van der Waals surface area contributed by atoms with Gasteiger partial charge >= 0.3 is 0 Å². The molecule has 0 bridgehead atoms. The van der Waals surface area contributed by atoms with Crippen molar-refractivity contribution in [2.45, 2.75) is 25.7 Å². The lowest BCUT2D eigenvalue weighted by atomic mass is 9.96. The summed E-state index contributed by atoms with van der Waals surface area (Å²) >= 11 is 0. The lowest BCUT2D eigenvalue weighted by molar-refractivity contribution is 0.102. The average Bonchev–Trinajstić information content (AvgIpc) is 2.70. The van der Waals surface area contributed by atoms with Crippen molar-refractivity contribution >= 4 is 23.1 Å². The standard InChI is InChI=1S/C21H20N4O2/c26-17-5-3-4-14(12-17)21(27)25-16-10-8-15(9-11-16)24-20-18-6-1-2-7-19(18)22-13-23-20/h3-5,8-13,26H,1-2,6-7H2,(H,25,27)(H,22,23,24). The highest BCUT2D eigenvalue weighted by Gasteiger charge is 2.15. The van der Waals surface area contributed by atoms with Crippen LogP contribution < -0.4 is 10.6 Å². The second-order valence-corrected chi connectivity index (χ2v) is 6.56. The number of carbonyl (C=O) groups excluding carboxylic acids is 1. The molecule has 3 N–H and O–H groups in total. The van der Waals surface area contributed by atoms with Gasteiger partial charge in [-0.15, -0.1) is 0 Å². The highest BCUT2D eigenvalue weighted by atomic mass is 16.3. The van der Waals surface area contributed by atoms with E-state index in [1.54, 1.807) is 18.5 Å². The smallest absolute Gasteiger partial charge is 0.255 e. The Balaban J connectivity index is 1.46. The molecule has 0 saturated carbocycles. The maximum absolute atomic E-state index is 12.2. The second kappa shape index (κ2) is 7.45. The molecule has 1 amide bonds. The molecule has 0 unspecified atom stereocenters. The summed E-state index contributed by atoms with van der Waals surface area (Å²) in [5.74, 6) is 0.656.